The summed E-state index contributed by atoms with van der Waals surface area (Å²) >= 11 is 3.64. The van der Waals surface area contributed by atoms with Gasteiger partial charge in [0.05, 0.1) is 24.3 Å². The van der Waals surface area contributed by atoms with E-state index in [1.165, 1.54) is 11.1 Å². The van der Waals surface area contributed by atoms with Gasteiger partial charge in [-0.3, -0.25) is 0 Å². The summed E-state index contributed by atoms with van der Waals surface area (Å²) in [6, 6.07) is 17.1. The van der Waals surface area contributed by atoms with Gasteiger partial charge in [-0.1, -0.05) is 30.3 Å². The molecule has 0 unspecified atom stereocenters. The van der Waals surface area contributed by atoms with Crippen LogP contribution in [0.5, 0.6) is 0 Å². The third-order valence-electron chi connectivity index (χ3n) is 5.04. The van der Waals surface area contributed by atoms with Gasteiger partial charge in [0.15, 0.2) is 0 Å². The maximum Gasteiger partial charge on any atom is 0.0994 e. The van der Waals surface area contributed by atoms with Gasteiger partial charge >= 0.3 is 0 Å². The van der Waals surface area contributed by atoms with Crippen LogP contribution in [0.25, 0.3) is 10.9 Å². The van der Waals surface area contributed by atoms with Crippen molar-refractivity contribution in [3.63, 3.8) is 0 Å². The summed E-state index contributed by atoms with van der Waals surface area (Å²) in [5.41, 5.74) is 4.18. The summed E-state index contributed by atoms with van der Waals surface area (Å²) in [5.74, 6) is 0. The smallest absolute Gasteiger partial charge is 0.0994 e. The normalized spacial score (nSPS) is 19.6. The van der Waals surface area contributed by atoms with Gasteiger partial charge in [-0.2, -0.15) is 5.26 Å². The molecule has 0 saturated heterocycles. The number of nitriles is 1. The molecule has 3 nitrogen and oxygen atoms in total. The van der Waals surface area contributed by atoms with Crippen LogP contribution in [0.1, 0.15) is 35.6 Å². The van der Waals surface area contributed by atoms with Crippen molar-refractivity contribution < 1.29 is 4.74 Å². The number of hydrogen-bond donors (Lipinski definition) is 0. The van der Waals surface area contributed by atoms with E-state index in [0.29, 0.717) is 18.8 Å². The third-order valence-corrected chi connectivity index (χ3v) is 5.67. The van der Waals surface area contributed by atoms with Gasteiger partial charge in [0.2, 0.25) is 0 Å². The molecular formula is C21H19BrN2O. The van der Waals surface area contributed by atoms with Gasteiger partial charge in [0, 0.05) is 27.6 Å². The van der Waals surface area contributed by atoms with Crippen molar-refractivity contribution in [1.29, 1.82) is 5.26 Å². The minimum absolute atomic E-state index is 0.320. The number of hydrogen-bond acceptors (Lipinski definition) is 2. The molecule has 0 aliphatic heterocycles. The lowest BCUT2D eigenvalue weighted by Gasteiger charge is -2.36. The Morgan fingerprint density at radius 3 is 2.72 bits per heavy atom. The highest BCUT2D eigenvalue weighted by Crippen LogP contribution is 2.40. The molecule has 0 atom stereocenters. The van der Waals surface area contributed by atoms with Gasteiger partial charge < -0.3 is 9.30 Å². The summed E-state index contributed by atoms with van der Waals surface area (Å²) in [4.78, 5) is 0. The molecule has 0 amide bonds. The van der Waals surface area contributed by atoms with Crippen molar-refractivity contribution in [3.8, 4) is 6.07 Å². The fraction of sp³-hybridized carbons (Fsp3) is 0.286. The lowest BCUT2D eigenvalue weighted by Crippen LogP contribution is -2.32. The third kappa shape index (κ3) is 3.10. The molecule has 1 heterocycles. The van der Waals surface area contributed by atoms with Gasteiger partial charge in [0.1, 0.15) is 0 Å². The van der Waals surface area contributed by atoms with Crippen LogP contribution < -0.4 is 0 Å². The number of fused-ring (bicyclic) bond motifs is 1. The van der Waals surface area contributed by atoms with Gasteiger partial charge in [-0.05, 0) is 59.0 Å². The lowest BCUT2D eigenvalue weighted by atomic mass is 9.88. The Bertz CT molecular complexity index is 949. The van der Waals surface area contributed by atoms with E-state index < -0.39 is 0 Å². The Kier molecular flexibility index (Phi) is 4.37. The minimum atomic E-state index is 0.320. The van der Waals surface area contributed by atoms with Crippen molar-refractivity contribution in [1.82, 2.24) is 4.57 Å². The Morgan fingerprint density at radius 1 is 1.24 bits per heavy atom. The molecule has 1 aliphatic rings. The zero-order valence-corrected chi connectivity index (χ0v) is 15.7. The highest BCUT2D eigenvalue weighted by Gasteiger charge is 2.32. The van der Waals surface area contributed by atoms with E-state index in [4.69, 9.17) is 4.74 Å². The highest BCUT2D eigenvalue weighted by molar-refractivity contribution is 9.10. The van der Waals surface area contributed by atoms with E-state index in [2.05, 4.69) is 51.0 Å². The summed E-state index contributed by atoms with van der Waals surface area (Å²) in [6.07, 6.45) is 4.52. The Balaban J connectivity index is 1.47. The van der Waals surface area contributed by atoms with E-state index in [0.717, 1.165) is 33.8 Å². The standard InChI is InChI=1S/C21H19BrN2O/c1-14-7-21-19(8-16(14)11-23)20(22)12-24(21)17-9-18(10-17)25-13-15-5-3-2-4-6-15/h2-8,12,17-18H,9-10,13H2,1H3. The molecule has 1 aliphatic carbocycles. The molecule has 1 fully saturated rings. The fourth-order valence-electron chi connectivity index (χ4n) is 3.47. The molecule has 3 aromatic rings. The minimum Gasteiger partial charge on any atom is -0.373 e. The first-order valence-electron chi connectivity index (χ1n) is 8.52. The molecule has 2 aromatic carbocycles. The van der Waals surface area contributed by atoms with Gasteiger partial charge in [0.25, 0.3) is 0 Å². The van der Waals surface area contributed by atoms with E-state index in [1.807, 2.05) is 31.2 Å². The highest BCUT2D eigenvalue weighted by atomic mass is 79.9. The number of nitrogens with zero attached hydrogens (tertiary/aromatic N) is 2. The SMILES string of the molecule is Cc1cc2c(cc1C#N)c(Br)cn2C1CC(OCc2ccccc2)C1. The monoisotopic (exact) mass is 394 g/mol. The zero-order valence-electron chi connectivity index (χ0n) is 14.1. The van der Waals surface area contributed by atoms with Crippen LogP contribution in [-0.2, 0) is 11.3 Å². The first-order valence-corrected chi connectivity index (χ1v) is 9.31. The van der Waals surface area contributed by atoms with Gasteiger partial charge in [-0.25, -0.2) is 0 Å². The first kappa shape index (κ1) is 16.4. The average Bonchev–Trinajstić information content (AvgIpc) is 2.89. The maximum atomic E-state index is 9.24. The largest absolute Gasteiger partial charge is 0.373 e. The topological polar surface area (TPSA) is 38.0 Å². The number of aromatic nitrogens is 1. The number of ether oxygens (including phenoxy) is 1. The molecule has 4 rings (SSSR count). The molecule has 25 heavy (non-hydrogen) atoms. The zero-order chi connectivity index (χ0) is 17.4. The van der Waals surface area contributed by atoms with Crippen LogP contribution >= 0.6 is 15.9 Å². The second-order valence-corrected chi connectivity index (χ2v) is 7.58. The van der Waals surface area contributed by atoms with E-state index >= 15 is 0 Å². The van der Waals surface area contributed by atoms with Crippen molar-refractivity contribution in [2.45, 2.75) is 38.5 Å². The van der Waals surface area contributed by atoms with Crippen molar-refractivity contribution >= 4 is 26.8 Å². The Morgan fingerprint density at radius 2 is 2.00 bits per heavy atom. The molecule has 126 valence electrons. The molecule has 1 aromatic heterocycles. The predicted octanol–water partition coefficient (Wildman–Crippen LogP) is 5.50. The molecule has 4 heteroatoms. The summed E-state index contributed by atoms with van der Waals surface area (Å²) in [7, 11) is 0. The molecule has 0 N–H and O–H groups in total. The second-order valence-electron chi connectivity index (χ2n) is 6.72. The molecular weight excluding hydrogens is 376 g/mol. The molecule has 1 saturated carbocycles. The van der Waals surface area contributed by atoms with Gasteiger partial charge in [-0.15, -0.1) is 0 Å². The van der Waals surface area contributed by atoms with Crippen LogP contribution in [-0.4, -0.2) is 10.7 Å². The second kappa shape index (κ2) is 6.67. The summed E-state index contributed by atoms with van der Waals surface area (Å²) in [5, 5.41) is 10.3. The number of benzene rings is 2. The van der Waals surface area contributed by atoms with Crippen LogP contribution in [0.3, 0.4) is 0 Å². The van der Waals surface area contributed by atoms with Crippen molar-refractivity contribution in [2.24, 2.45) is 0 Å². The van der Waals surface area contributed by atoms with E-state index in [9.17, 15) is 5.26 Å². The molecule has 0 bridgehead atoms. The van der Waals surface area contributed by atoms with Crippen LogP contribution in [0, 0.1) is 18.3 Å². The lowest BCUT2D eigenvalue weighted by molar-refractivity contribution is -0.0347. The Hall–Kier alpha value is -2.09. The average molecular weight is 395 g/mol. The molecule has 0 spiro atoms. The summed E-state index contributed by atoms with van der Waals surface area (Å²) < 4.78 is 9.40. The van der Waals surface area contributed by atoms with E-state index in [-0.39, 0.29) is 0 Å². The van der Waals surface area contributed by atoms with Crippen LogP contribution in [0.15, 0.2) is 53.1 Å². The number of aryl methyl sites for hydroxylation is 1. The number of rotatable bonds is 4. The maximum absolute atomic E-state index is 9.24. The van der Waals surface area contributed by atoms with Crippen molar-refractivity contribution in [2.75, 3.05) is 0 Å². The van der Waals surface area contributed by atoms with Crippen molar-refractivity contribution in [3.05, 3.63) is 69.8 Å². The van der Waals surface area contributed by atoms with Crippen LogP contribution in [0.4, 0.5) is 0 Å². The van der Waals surface area contributed by atoms with E-state index in [1.54, 1.807) is 0 Å². The predicted molar refractivity (Wildman–Crippen MR) is 102 cm³/mol. The number of halogens is 1. The molecule has 0 radical (unpaired) electrons. The summed E-state index contributed by atoms with van der Waals surface area (Å²) in [6.45, 7) is 2.68. The first-order chi connectivity index (χ1) is 12.2. The Labute approximate surface area is 156 Å². The fourth-order valence-corrected chi connectivity index (χ4v) is 4.01. The quantitative estimate of drug-likeness (QED) is 0.585. The van der Waals surface area contributed by atoms with Crippen LogP contribution in [0.2, 0.25) is 0 Å².